The maximum Gasteiger partial charge on any atom is 0.416 e. The number of hydrazone groups is 1. The molecular weight excluding hydrogens is 489 g/mol. The van der Waals surface area contributed by atoms with E-state index in [1.54, 1.807) is 24.3 Å². The predicted octanol–water partition coefficient (Wildman–Crippen LogP) is 6.15. The Morgan fingerprint density at radius 2 is 1.78 bits per heavy atom. The lowest BCUT2D eigenvalue weighted by atomic mass is 9.91. The lowest BCUT2D eigenvalue weighted by Gasteiger charge is -2.15. The van der Waals surface area contributed by atoms with Gasteiger partial charge in [-0.1, -0.05) is 41.4 Å². The molecule has 1 N–H and O–H groups in total. The Bertz CT molecular complexity index is 1060. The molecule has 1 heterocycles. The van der Waals surface area contributed by atoms with Crippen molar-refractivity contribution in [2.24, 2.45) is 11.0 Å². The molecule has 32 heavy (non-hydrogen) atoms. The Kier molecular flexibility index (Phi) is 7.18. The van der Waals surface area contributed by atoms with Gasteiger partial charge in [0.2, 0.25) is 0 Å². The second kappa shape index (κ2) is 9.68. The first-order valence-corrected chi connectivity index (χ1v) is 10.7. The number of halogens is 4. The van der Waals surface area contributed by atoms with Crippen LogP contribution < -0.4 is 5.01 Å². The van der Waals surface area contributed by atoms with Gasteiger partial charge in [-0.2, -0.15) is 18.3 Å². The number of anilines is 1. The highest BCUT2D eigenvalue weighted by Crippen LogP contribution is 2.32. The molecule has 1 amide bonds. The third-order valence-corrected chi connectivity index (χ3v) is 5.52. The molecule has 2 aromatic rings. The van der Waals surface area contributed by atoms with Gasteiger partial charge in [0.05, 0.1) is 22.9 Å². The number of carboxylic acids is 1. The van der Waals surface area contributed by atoms with Crippen molar-refractivity contribution in [3.8, 4) is 0 Å². The van der Waals surface area contributed by atoms with Crippen LogP contribution in [0, 0.1) is 5.92 Å². The number of carbonyl (C=O) groups excluding carboxylic acids is 1. The second-order valence-electron chi connectivity index (χ2n) is 7.32. The molecule has 0 aromatic heterocycles. The van der Waals surface area contributed by atoms with E-state index in [9.17, 15) is 27.9 Å². The minimum atomic E-state index is -4.48. The summed E-state index contributed by atoms with van der Waals surface area (Å²) >= 11 is 3.34. The van der Waals surface area contributed by atoms with E-state index in [4.69, 9.17) is 0 Å². The molecule has 168 valence electrons. The fraction of sp³-hybridized carbons (Fsp3) is 0.261. The first-order chi connectivity index (χ1) is 15.1. The van der Waals surface area contributed by atoms with Crippen LogP contribution >= 0.6 is 15.9 Å². The fourth-order valence-corrected chi connectivity index (χ4v) is 3.65. The standard InChI is InChI=1S/C23H20BrF3N2O3/c1-2-3-20-19(21(30)29(28-20)18-10-8-17(24)9-11-18)13-15(22(31)32)12-14-4-6-16(7-5-14)23(25,26)27/h4-12,19H,2-3,13H2,1H3,(H,31,32)/b15-12-. The molecule has 1 atom stereocenters. The monoisotopic (exact) mass is 508 g/mol. The highest BCUT2D eigenvalue weighted by molar-refractivity contribution is 9.10. The number of alkyl halides is 3. The molecule has 0 saturated heterocycles. The second-order valence-corrected chi connectivity index (χ2v) is 8.23. The zero-order valence-electron chi connectivity index (χ0n) is 17.1. The molecule has 0 radical (unpaired) electrons. The number of hydrogen-bond donors (Lipinski definition) is 1. The Balaban J connectivity index is 1.88. The number of benzene rings is 2. The lowest BCUT2D eigenvalue weighted by molar-refractivity contribution is -0.137. The van der Waals surface area contributed by atoms with Crippen molar-refractivity contribution in [1.82, 2.24) is 0 Å². The Morgan fingerprint density at radius 1 is 1.16 bits per heavy atom. The molecule has 2 aromatic carbocycles. The minimum Gasteiger partial charge on any atom is -0.478 e. The molecule has 0 aliphatic carbocycles. The van der Waals surface area contributed by atoms with Gasteiger partial charge in [-0.3, -0.25) is 4.79 Å². The lowest BCUT2D eigenvalue weighted by Crippen LogP contribution is -2.28. The summed E-state index contributed by atoms with van der Waals surface area (Å²) in [6.45, 7) is 1.93. The van der Waals surface area contributed by atoms with Crippen molar-refractivity contribution in [1.29, 1.82) is 0 Å². The third-order valence-electron chi connectivity index (χ3n) is 4.99. The van der Waals surface area contributed by atoms with Crippen molar-refractivity contribution >= 4 is 45.3 Å². The van der Waals surface area contributed by atoms with Crippen molar-refractivity contribution in [2.75, 3.05) is 5.01 Å². The van der Waals surface area contributed by atoms with Crippen LogP contribution in [0.2, 0.25) is 0 Å². The van der Waals surface area contributed by atoms with Gasteiger partial charge in [0.15, 0.2) is 0 Å². The quantitative estimate of drug-likeness (QED) is 0.456. The van der Waals surface area contributed by atoms with Gasteiger partial charge in [-0.15, -0.1) is 0 Å². The molecule has 0 spiro atoms. The molecule has 3 rings (SSSR count). The largest absolute Gasteiger partial charge is 0.478 e. The van der Waals surface area contributed by atoms with Crippen LogP contribution in [-0.2, 0) is 15.8 Å². The summed E-state index contributed by atoms with van der Waals surface area (Å²) in [5.74, 6) is -2.33. The molecule has 1 aliphatic rings. The summed E-state index contributed by atoms with van der Waals surface area (Å²) in [7, 11) is 0. The van der Waals surface area contributed by atoms with Crippen molar-refractivity contribution < 1.29 is 27.9 Å². The first kappa shape index (κ1) is 23.7. The van der Waals surface area contributed by atoms with Crippen LogP contribution in [0.3, 0.4) is 0 Å². The van der Waals surface area contributed by atoms with Crippen molar-refractivity contribution in [3.63, 3.8) is 0 Å². The van der Waals surface area contributed by atoms with Crippen LogP contribution in [0.15, 0.2) is 63.7 Å². The molecule has 1 aliphatic heterocycles. The van der Waals surface area contributed by atoms with Gasteiger partial charge in [-0.05, 0) is 60.9 Å². The summed E-state index contributed by atoms with van der Waals surface area (Å²) in [4.78, 5) is 25.0. The van der Waals surface area contributed by atoms with E-state index in [0.29, 0.717) is 23.4 Å². The molecule has 9 heteroatoms. The van der Waals surface area contributed by atoms with E-state index in [-0.39, 0.29) is 17.9 Å². The summed E-state index contributed by atoms with van der Waals surface area (Å²) in [6.07, 6.45) is -2.04. The summed E-state index contributed by atoms with van der Waals surface area (Å²) in [6, 6.07) is 11.2. The number of hydrogen-bond acceptors (Lipinski definition) is 3. The third kappa shape index (κ3) is 5.45. The molecule has 5 nitrogen and oxygen atoms in total. The van der Waals surface area contributed by atoms with Gasteiger partial charge in [0.1, 0.15) is 0 Å². The average Bonchev–Trinajstić information content (AvgIpc) is 3.03. The number of carbonyl (C=O) groups is 2. The van der Waals surface area contributed by atoms with Gasteiger partial charge >= 0.3 is 12.1 Å². The van der Waals surface area contributed by atoms with Crippen LogP contribution in [0.4, 0.5) is 18.9 Å². The zero-order valence-corrected chi connectivity index (χ0v) is 18.7. The van der Waals surface area contributed by atoms with E-state index in [0.717, 1.165) is 23.0 Å². The Morgan fingerprint density at radius 3 is 2.31 bits per heavy atom. The van der Waals surface area contributed by atoms with Crippen molar-refractivity contribution in [3.05, 3.63) is 69.7 Å². The Labute approximate surface area is 191 Å². The molecule has 0 fully saturated rings. The molecule has 0 saturated carbocycles. The normalized spacial score (nSPS) is 17.0. The number of carboxylic acid groups (broad SMARTS) is 1. The average molecular weight is 509 g/mol. The summed E-state index contributed by atoms with van der Waals surface area (Å²) < 4.78 is 39.2. The van der Waals surface area contributed by atoms with E-state index in [1.165, 1.54) is 23.2 Å². The number of rotatable bonds is 7. The first-order valence-electron chi connectivity index (χ1n) is 9.88. The Hall–Kier alpha value is -2.94. The minimum absolute atomic E-state index is 0.0791. The number of nitrogens with zero attached hydrogens (tertiary/aromatic N) is 2. The van der Waals surface area contributed by atoms with Gasteiger partial charge in [0.25, 0.3) is 5.91 Å². The van der Waals surface area contributed by atoms with Crippen molar-refractivity contribution in [2.45, 2.75) is 32.4 Å². The van der Waals surface area contributed by atoms with Crippen LogP contribution in [0.25, 0.3) is 6.08 Å². The summed E-state index contributed by atoms with van der Waals surface area (Å²) in [5.41, 5.74) is 0.557. The number of aliphatic carboxylic acids is 1. The molecule has 0 bridgehead atoms. The maximum absolute atomic E-state index is 13.1. The zero-order chi connectivity index (χ0) is 23.5. The topological polar surface area (TPSA) is 70.0 Å². The predicted molar refractivity (Wildman–Crippen MR) is 119 cm³/mol. The highest BCUT2D eigenvalue weighted by Gasteiger charge is 2.37. The fourth-order valence-electron chi connectivity index (χ4n) is 3.39. The van der Waals surface area contributed by atoms with Gasteiger partial charge in [0, 0.05) is 10.0 Å². The van der Waals surface area contributed by atoms with Gasteiger partial charge < -0.3 is 5.11 Å². The van der Waals surface area contributed by atoms with E-state index in [1.807, 2.05) is 6.92 Å². The van der Waals surface area contributed by atoms with E-state index < -0.39 is 23.6 Å². The highest BCUT2D eigenvalue weighted by atomic mass is 79.9. The van der Waals surface area contributed by atoms with E-state index >= 15 is 0 Å². The molecule has 1 unspecified atom stereocenters. The van der Waals surface area contributed by atoms with Gasteiger partial charge in [-0.25, -0.2) is 9.80 Å². The van der Waals surface area contributed by atoms with Crippen LogP contribution in [0.5, 0.6) is 0 Å². The van der Waals surface area contributed by atoms with E-state index in [2.05, 4.69) is 21.0 Å². The van der Waals surface area contributed by atoms with Crippen LogP contribution in [-0.4, -0.2) is 22.7 Å². The van der Waals surface area contributed by atoms with Crippen LogP contribution in [0.1, 0.15) is 37.3 Å². The maximum atomic E-state index is 13.1. The SMILES string of the molecule is CCCC1=NN(c2ccc(Br)cc2)C(=O)C1C/C(=C/c1ccc(C(F)(F)F)cc1)C(=O)O. The smallest absolute Gasteiger partial charge is 0.416 e. The number of amides is 1. The molecular formula is C23H20BrF3N2O3. The summed E-state index contributed by atoms with van der Waals surface area (Å²) in [5, 5.41) is 15.4.